The second-order valence-electron chi connectivity index (χ2n) is 11.4. The Morgan fingerprint density at radius 1 is 0.950 bits per heavy atom. The summed E-state index contributed by atoms with van der Waals surface area (Å²) < 4.78 is 26.4. The summed E-state index contributed by atoms with van der Waals surface area (Å²) in [5.74, 6) is 0.530. The third-order valence-electron chi connectivity index (χ3n) is 7.99. The van der Waals surface area contributed by atoms with Crippen LogP contribution >= 0.6 is 15.9 Å². The fourth-order valence-electron chi connectivity index (χ4n) is 5.35. The summed E-state index contributed by atoms with van der Waals surface area (Å²) >= 11 is 3.67. The molecule has 0 N–H and O–H groups in total. The van der Waals surface area contributed by atoms with Gasteiger partial charge in [0.2, 0.25) is 0 Å². The van der Waals surface area contributed by atoms with Crippen LogP contribution in [0.25, 0.3) is 11.3 Å². The van der Waals surface area contributed by atoms with Crippen molar-refractivity contribution in [2.24, 2.45) is 5.92 Å². The standard InChI is InChI=1S/C34H49BrFNO3/c1-3-5-7-8-9-10-11-12-13-26-17-21-32(37-24-26)28-18-22-33(30(35)23-28)39-25-27-15-19-29(20-16-27)40-34(38)31(36)14-6-4-2/h17-18,21-24,27,29,31H,3-16,19-20,25H2,1-2H3/t27-,29-,31-/m0/s1. The van der Waals surface area contributed by atoms with E-state index >= 15 is 0 Å². The fraction of sp³-hybridized carbons (Fsp3) is 0.647. The maximum Gasteiger partial charge on any atom is 0.340 e. The lowest BCUT2D eigenvalue weighted by Crippen LogP contribution is -2.30. The van der Waals surface area contributed by atoms with E-state index in [0.717, 1.165) is 60.0 Å². The van der Waals surface area contributed by atoms with E-state index in [1.807, 2.05) is 19.2 Å². The zero-order valence-corrected chi connectivity index (χ0v) is 26.2. The molecule has 0 unspecified atom stereocenters. The molecule has 0 spiro atoms. The number of aromatic nitrogens is 1. The van der Waals surface area contributed by atoms with Crippen LogP contribution in [0.3, 0.4) is 0 Å². The molecule has 1 atom stereocenters. The number of rotatable bonds is 18. The molecular weight excluding hydrogens is 569 g/mol. The Morgan fingerprint density at radius 2 is 1.65 bits per heavy atom. The summed E-state index contributed by atoms with van der Waals surface area (Å²) in [7, 11) is 0. The molecule has 0 amide bonds. The number of unbranched alkanes of at least 4 members (excludes halogenated alkanes) is 8. The number of benzene rings is 1. The lowest BCUT2D eigenvalue weighted by molar-refractivity contribution is -0.157. The molecule has 6 heteroatoms. The van der Waals surface area contributed by atoms with Gasteiger partial charge < -0.3 is 9.47 Å². The summed E-state index contributed by atoms with van der Waals surface area (Å²) in [4.78, 5) is 16.7. The highest BCUT2D eigenvalue weighted by molar-refractivity contribution is 9.10. The van der Waals surface area contributed by atoms with Crippen molar-refractivity contribution in [2.45, 2.75) is 129 Å². The van der Waals surface area contributed by atoms with E-state index < -0.39 is 12.1 Å². The molecule has 1 aromatic carbocycles. The monoisotopic (exact) mass is 617 g/mol. The van der Waals surface area contributed by atoms with Crippen molar-refractivity contribution in [1.29, 1.82) is 0 Å². The molecule has 2 aromatic rings. The van der Waals surface area contributed by atoms with Crippen LogP contribution in [0.4, 0.5) is 4.39 Å². The number of ether oxygens (including phenoxy) is 2. The largest absolute Gasteiger partial charge is 0.492 e. The first-order valence-corrected chi connectivity index (χ1v) is 16.5. The molecule has 1 aliphatic rings. The van der Waals surface area contributed by atoms with Gasteiger partial charge in [-0.3, -0.25) is 4.98 Å². The number of carbonyl (C=O) groups is 1. The summed E-state index contributed by atoms with van der Waals surface area (Å²) in [6.45, 7) is 4.87. The maximum atomic E-state index is 13.9. The van der Waals surface area contributed by atoms with Gasteiger partial charge in [-0.05, 0) is 96.6 Å². The number of aryl methyl sites for hydroxylation is 1. The van der Waals surface area contributed by atoms with Gasteiger partial charge in [0.15, 0.2) is 6.17 Å². The van der Waals surface area contributed by atoms with Crippen molar-refractivity contribution >= 4 is 21.9 Å². The van der Waals surface area contributed by atoms with Crippen molar-refractivity contribution < 1.29 is 18.7 Å². The van der Waals surface area contributed by atoms with Crippen LogP contribution in [-0.2, 0) is 16.0 Å². The Balaban J connectivity index is 1.37. The average molecular weight is 619 g/mol. The molecule has 0 aliphatic heterocycles. The number of alkyl halides is 1. The smallest absolute Gasteiger partial charge is 0.340 e. The third kappa shape index (κ3) is 11.5. The summed E-state index contributed by atoms with van der Waals surface area (Å²) in [5.41, 5.74) is 3.33. The van der Waals surface area contributed by atoms with Crippen molar-refractivity contribution in [3.05, 3.63) is 46.6 Å². The van der Waals surface area contributed by atoms with Gasteiger partial charge >= 0.3 is 5.97 Å². The molecule has 4 nitrogen and oxygen atoms in total. The van der Waals surface area contributed by atoms with Gasteiger partial charge in [0.05, 0.1) is 16.8 Å². The van der Waals surface area contributed by atoms with Gasteiger partial charge in [-0.2, -0.15) is 0 Å². The summed E-state index contributed by atoms with van der Waals surface area (Å²) in [6, 6.07) is 10.4. The van der Waals surface area contributed by atoms with Crippen molar-refractivity contribution in [1.82, 2.24) is 4.98 Å². The molecule has 40 heavy (non-hydrogen) atoms. The Hall–Kier alpha value is -1.95. The number of hydrogen-bond donors (Lipinski definition) is 0. The predicted octanol–water partition coefficient (Wildman–Crippen LogP) is 10.2. The minimum atomic E-state index is -1.49. The second-order valence-corrected chi connectivity index (χ2v) is 12.3. The first kappa shape index (κ1) is 32.6. The number of hydrogen-bond acceptors (Lipinski definition) is 4. The van der Waals surface area contributed by atoms with E-state index in [9.17, 15) is 9.18 Å². The van der Waals surface area contributed by atoms with Crippen molar-refractivity contribution in [3.8, 4) is 17.0 Å². The quantitative estimate of drug-likeness (QED) is 0.123. The predicted molar refractivity (Wildman–Crippen MR) is 165 cm³/mol. The van der Waals surface area contributed by atoms with Gasteiger partial charge in [-0.25, -0.2) is 9.18 Å². The topological polar surface area (TPSA) is 48.4 Å². The molecule has 3 rings (SSSR count). The highest BCUT2D eigenvalue weighted by Gasteiger charge is 2.27. The Morgan fingerprint density at radius 3 is 2.30 bits per heavy atom. The Labute approximate surface area is 250 Å². The number of carbonyl (C=O) groups excluding carboxylic acids is 1. The number of pyridine rings is 1. The van der Waals surface area contributed by atoms with Gasteiger partial charge in [-0.15, -0.1) is 0 Å². The molecule has 0 saturated heterocycles. The van der Waals surface area contributed by atoms with Crippen LogP contribution in [-0.4, -0.2) is 29.8 Å². The van der Waals surface area contributed by atoms with Crippen LogP contribution in [0.1, 0.15) is 116 Å². The molecule has 222 valence electrons. The molecule has 0 radical (unpaired) electrons. The molecule has 1 saturated carbocycles. The Bertz CT molecular complexity index is 991. The number of nitrogens with zero attached hydrogens (tertiary/aromatic N) is 1. The SMILES string of the molecule is CCCCCCCCCCc1ccc(-c2ccc(OC[C@H]3CC[C@H](OC(=O)[C@@H](F)CCCC)CC3)c(Br)c2)nc1. The van der Waals surface area contributed by atoms with Crippen molar-refractivity contribution in [2.75, 3.05) is 6.61 Å². The fourth-order valence-corrected chi connectivity index (χ4v) is 5.84. The van der Waals surface area contributed by atoms with Gasteiger partial charge in [-0.1, -0.05) is 77.7 Å². The lowest BCUT2D eigenvalue weighted by Gasteiger charge is -2.28. The first-order valence-electron chi connectivity index (χ1n) is 15.7. The van der Waals surface area contributed by atoms with Gasteiger partial charge in [0.25, 0.3) is 0 Å². The highest BCUT2D eigenvalue weighted by Crippen LogP contribution is 2.32. The van der Waals surface area contributed by atoms with E-state index in [1.165, 1.54) is 56.9 Å². The molecular formula is C34H49BrFNO3. The minimum absolute atomic E-state index is 0.172. The van der Waals surface area contributed by atoms with Crippen LogP contribution in [0.2, 0.25) is 0 Å². The van der Waals surface area contributed by atoms with Gasteiger partial charge in [0.1, 0.15) is 11.9 Å². The number of esters is 1. The van der Waals surface area contributed by atoms with E-state index in [2.05, 4.69) is 47.1 Å². The third-order valence-corrected chi connectivity index (χ3v) is 8.61. The lowest BCUT2D eigenvalue weighted by atomic mass is 9.88. The molecule has 1 fully saturated rings. The van der Waals surface area contributed by atoms with E-state index in [4.69, 9.17) is 14.5 Å². The second kappa shape index (κ2) is 18.5. The van der Waals surface area contributed by atoms with E-state index in [1.54, 1.807) is 0 Å². The maximum absolute atomic E-state index is 13.9. The van der Waals surface area contributed by atoms with E-state index in [0.29, 0.717) is 18.9 Å². The molecule has 1 heterocycles. The summed E-state index contributed by atoms with van der Waals surface area (Å²) in [6.07, 6.45) is 17.3. The Kier molecular flexibility index (Phi) is 15.0. The van der Waals surface area contributed by atoms with Crippen LogP contribution < -0.4 is 4.74 Å². The summed E-state index contributed by atoms with van der Waals surface area (Å²) in [5, 5.41) is 0. The van der Waals surface area contributed by atoms with Crippen LogP contribution in [0.15, 0.2) is 41.0 Å². The van der Waals surface area contributed by atoms with Crippen LogP contribution in [0.5, 0.6) is 5.75 Å². The first-order chi connectivity index (χ1) is 19.5. The zero-order chi connectivity index (χ0) is 28.6. The molecule has 0 bridgehead atoms. The average Bonchev–Trinajstić information content (AvgIpc) is 2.97. The normalized spacial score (nSPS) is 17.9. The van der Waals surface area contributed by atoms with Crippen molar-refractivity contribution in [3.63, 3.8) is 0 Å². The minimum Gasteiger partial charge on any atom is -0.492 e. The van der Waals surface area contributed by atoms with Gasteiger partial charge in [0, 0.05) is 11.8 Å². The zero-order valence-electron chi connectivity index (χ0n) is 24.6. The van der Waals surface area contributed by atoms with Crippen LogP contribution in [0, 0.1) is 5.92 Å². The molecule has 1 aromatic heterocycles. The molecule has 1 aliphatic carbocycles. The highest BCUT2D eigenvalue weighted by atomic mass is 79.9. The number of halogens is 2. The van der Waals surface area contributed by atoms with E-state index in [-0.39, 0.29) is 12.5 Å².